The molecule has 3 rings (SSSR count). The van der Waals surface area contributed by atoms with Gasteiger partial charge in [-0.3, -0.25) is 4.98 Å². The Morgan fingerprint density at radius 3 is 2.84 bits per heavy atom. The molecular formula is C14H16ClN2OV-3. The standard InChI is InChI=1S/C12H10ClN2.2CH3.O.V/c13-10-7-8-3-1-5-14-11(8)12-9(10)4-2-6-15-12;;;;/h1-5,7,9,12H,6H2;2*1H3;;/q3*-1;;. The van der Waals surface area contributed by atoms with Crippen LogP contribution in [0.3, 0.4) is 0 Å². The van der Waals surface area contributed by atoms with Crippen LogP contribution in [0.4, 0.5) is 0 Å². The van der Waals surface area contributed by atoms with Gasteiger partial charge < -0.3 is 20.2 Å². The molecule has 19 heavy (non-hydrogen) atoms. The monoisotopic (exact) mass is 314 g/mol. The number of hydrogen-bond acceptors (Lipinski definition) is 2. The number of rotatable bonds is 0. The van der Waals surface area contributed by atoms with Crippen LogP contribution >= 0.6 is 11.6 Å². The summed E-state index contributed by atoms with van der Waals surface area (Å²) >= 11 is 7.30. The van der Waals surface area contributed by atoms with Gasteiger partial charge in [-0.15, -0.1) is 12.6 Å². The molecule has 1 aliphatic heterocycles. The minimum atomic E-state index is 0. The molecule has 2 unspecified atom stereocenters. The molecule has 0 saturated carbocycles. The number of hydrogen-bond donors (Lipinski definition) is 0. The Labute approximate surface area is 129 Å². The van der Waals surface area contributed by atoms with Crippen LogP contribution in [0.25, 0.3) is 11.4 Å². The average molecular weight is 315 g/mol. The third kappa shape index (κ3) is 3.64. The molecule has 0 radical (unpaired) electrons. The van der Waals surface area contributed by atoms with Crippen molar-refractivity contribution in [1.82, 2.24) is 4.98 Å². The van der Waals surface area contributed by atoms with Gasteiger partial charge in [0.1, 0.15) is 0 Å². The minimum absolute atomic E-state index is 0. The number of aromatic nitrogens is 1. The molecule has 2 atom stereocenters. The molecule has 103 valence electrons. The number of fused-ring (bicyclic) bond motifs is 3. The summed E-state index contributed by atoms with van der Waals surface area (Å²) in [4.78, 5) is 4.41. The molecule has 0 spiro atoms. The molecule has 3 nitrogen and oxygen atoms in total. The van der Waals surface area contributed by atoms with Gasteiger partial charge >= 0.3 is 21.0 Å². The van der Waals surface area contributed by atoms with E-state index in [1.165, 1.54) is 0 Å². The molecular weight excluding hydrogens is 299 g/mol. The van der Waals surface area contributed by atoms with Gasteiger partial charge in [-0.05, 0) is 17.7 Å². The molecule has 0 saturated heterocycles. The van der Waals surface area contributed by atoms with E-state index in [4.69, 9.17) is 15.3 Å². The van der Waals surface area contributed by atoms with E-state index >= 15 is 0 Å². The molecule has 0 amide bonds. The van der Waals surface area contributed by atoms with E-state index in [9.17, 15) is 0 Å². The number of nitrogens with zero attached hydrogens (tertiary/aromatic N) is 2. The van der Waals surface area contributed by atoms with E-state index in [1.54, 1.807) is 0 Å². The van der Waals surface area contributed by atoms with Crippen LogP contribution in [0.2, 0.25) is 0 Å². The molecule has 1 aromatic heterocycles. The number of halogens is 1. The zero-order valence-electron chi connectivity index (χ0n) is 11.0. The van der Waals surface area contributed by atoms with Crippen molar-refractivity contribution in [1.29, 1.82) is 0 Å². The van der Waals surface area contributed by atoms with Crippen molar-refractivity contribution in [3.8, 4) is 0 Å². The molecule has 0 N–H and O–H groups in total. The summed E-state index contributed by atoms with van der Waals surface area (Å²) in [5, 5.41) is 5.43. The fourth-order valence-electron chi connectivity index (χ4n) is 2.14. The van der Waals surface area contributed by atoms with Crippen molar-refractivity contribution in [2.45, 2.75) is 6.04 Å². The first-order chi connectivity index (χ1) is 8.36. The molecule has 0 fully saturated rings. The predicted molar refractivity (Wildman–Crippen MR) is 75.2 cm³/mol. The quantitative estimate of drug-likeness (QED) is 0.535. The van der Waals surface area contributed by atoms with Crippen molar-refractivity contribution in [3.05, 3.63) is 66.9 Å². The maximum atomic E-state index is 8.19. The van der Waals surface area contributed by atoms with E-state index in [0.717, 1.165) is 40.2 Å². The molecule has 1 aliphatic carbocycles. The van der Waals surface area contributed by atoms with Crippen molar-refractivity contribution >= 4 is 17.7 Å². The second kappa shape index (κ2) is 8.44. The van der Waals surface area contributed by atoms with Gasteiger partial charge in [0.2, 0.25) is 0 Å². The normalized spacial score (nSPS) is 22.2. The van der Waals surface area contributed by atoms with Crippen molar-refractivity contribution in [3.63, 3.8) is 0 Å². The van der Waals surface area contributed by atoms with Gasteiger partial charge in [0.05, 0.1) is 0 Å². The van der Waals surface area contributed by atoms with Gasteiger partial charge in [-0.2, -0.15) is 0 Å². The topological polar surface area (TPSA) is 44.1 Å². The maximum absolute atomic E-state index is 8.19. The summed E-state index contributed by atoms with van der Waals surface area (Å²) in [6, 6.07) is 4.08. The van der Waals surface area contributed by atoms with Crippen LogP contribution in [-0.2, 0) is 21.0 Å². The third-order valence-corrected chi connectivity index (χ3v) is 3.22. The van der Waals surface area contributed by atoms with Gasteiger partial charge in [-0.25, -0.2) is 0 Å². The van der Waals surface area contributed by atoms with Crippen molar-refractivity contribution in [2.75, 3.05) is 6.54 Å². The summed E-state index contributed by atoms with van der Waals surface area (Å²) < 4.78 is 8.19. The zero-order chi connectivity index (χ0) is 12.3. The van der Waals surface area contributed by atoms with E-state index in [2.05, 4.69) is 22.5 Å². The summed E-state index contributed by atoms with van der Waals surface area (Å²) in [6.45, 7) is 0.765. The third-order valence-electron chi connectivity index (χ3n) is 2.85. The Kier molecular flexibility index (Phi) is 8.11. The molecule has 0 bridgehead atoms. The summed E-state index contributed by atoms with van der Waals surface area (Å²) in [7, 11) is 0. The first-order valence-corrected chi connectivity index (χ1v) is 6.14. The molecule has 1 aromatic rings. The second-order valence-corrected chi connectivity index (χ2v) is 4.21. The first kappa shape index (κ1) is 18.3. The predicted octanol–water partition coefficient (Wildman–Crippen LogP) is 4.05. The Bertz CT molecular complexity index is 476. The van der Waals surface area contributed by atoms with Crippen LogP contribution in [0.15, 0.2) is 35.5 Å². The van der Waals surface area contributed by atoms with E-state index < -0.39 is 0 Å². The van der Waals surface area contributed by atoms with Gasteiger partial charge in [-0.1, -0.05) is 29.8 Å². The van der Waals surface area contributed by atoms with Crippen LogP contribution < -0.4 is 0 Å². The van der Waals surface area contributed by atoms with Crippen LogP contribution in [0.1, 0.15) is 17.3 Å². The van der Waals surface area contributed by atoms with E-state index in [0.29, 0.717) is 0 Å². The van der Waals surface area contributed by atoms with E-state index in [1.807, 2.05) is 24.4 Å². The van der Waals surface area contributed by atoms with Crippen LogP contribution in [0.5, 0.6) is 0 Å². The van der Waals surface area contributed by atoms with Crippen molar-refractivity contribution < 1.29 is 21.0 Å². The second-order valence-electron chi connectivity index (χ2n) is 3.77. The fourth-order valence-corrected chi connectivity index (χ4v) is 2.45. The van der Waals surface area contributed by atoms with Crippen LogP contribution in [0, 0.1) is 20.8 Å². The first-order valence-electron chi connectivity index (χ1n) is 5.20. The summed E-state index contributed by atoms with van der Waals surface area (Å²) in [5.41, 5.74) is 2.15. The zero-order valence-corrected chi connectivity index (χ0v) is 13.1. The van der Waals surface area contributed by atoms with Gasteiger partial charge in [0.15, 0.2) is 0 Å². The molecule has 2 aliphatic rings. The summed E-state index contributed by atoms with van der Waals surface area (Å²) in [5.74, 6) is 0.197. The molecule has 2 heterocycles. The Hall–Kier alpha value is -0.736. The van der Waals surface area contributed by atoms with E-state index in [-0.39, 0.29) is 26.8 Å². The number of pyridine rings is 1. The Balaban J connectivity index is 0.000000776. The fraction of sp³-hybridized carbons (Fsp3) is 0.214. The SMILES string of the molecule is ClC1=Cc2cccnc2C2[N-]CC=CC12.[CH3-].[CH3-].[O]=[V]. The molecule has 0 aromatic carbocycles. The Morgan fingerprint density at radius 2 is 2.11 bits per heavy atom. The molecule has 5 heteroatoms. The summed E-state index contributed by atoms with van der Waals surface area (Å²) in [6.07, 6.45) is 8.01. The average Bonchev–Trinajstić information content (AvgIpc) is 2.42. The van der Waals surface area contributed by atoms with Gasteiger partial charge in [0, 0.05) is 22.8 Å². The van der Waals surface area contributed by atoms with Crippen molar-refractivity contribution in [2.24, 2.45) is 5.92 Å². The van der Waals surface area contributed by atoms with Crippen LogP contribution in [-0.4, -0.2) is 11.5 Å². The van der Waals surface area contributed by atoms with Gasteiger partial charge in [0.25, 0.3) is 0 Å². The Morgan fingerprint density at radius 1 is 1.37 bits per heavy atom.